The number of carbonyl (C=O) groups is 1. The van der Waals surface area contributed by atoms with E-state index in [2.05, 4.69) is 10.1 Å². The first kappa shape index (κ1) is 20.7. The molecule has 1 amide bonds. The Morgan fingerprint density at radius 2 is 1.71 bits per heavy atom. The Hall–Kier alpha value is -3.60. The van der Waals surface area contributed by atoms with Crippen molar-refractivity contribution in [3.05, 3.63) is 53.1 Å². The van der Waals surface area contributed by atoms with E-state index in [4.69, 9.17) is 9.47 Å². The molecule has 0 spiro atoms. The normalized spacial score (nSPS) is 11.0. The number of nitriles is 1. The van der Waals surface area contributed by atoms with Gasteiger partial charge >= 0.3 is 6.61 Å². The molecule has 0 fully saturated rings. The van der Waals surface area contributed by atoms with E-state index >= 15 is 0 Å². The van der Waals surface area contributed by atoms with Gasteiger partial charge in [-0.2, -0.15) is 14.0 Å². The molecule has 0 unspecified atom stereocenters. The second-order valence-electron chi connectivity index (χ2n) is 5.62. The third-order valence-electron chi connectivity index (χ3n) is 3.68. The second-order valence-corrected chi connectivity index (χ2v) is 5.62. The van der Waals surface area contributed by atoms with Crippen molar-refractivity contribution in [2.75, 3.05) is 19.5 Å². The molecule has 0 aliphatic carbocycles. The average Bonchev–Trinajstić information content (AvgIpc) is 2.67. The first-order valence-corrected chi connectivity index (χ1v) is 8.08. The fourth-order valence-electron chi connectivity index (χ4n) is 2.34. The number of aryl methyl sites for hydroxylation is 1. The number of nitrogens with zero attached hydrogens (tertiary/aromatic N) is 1. The number of nitrogens with one attached hydrogen (secondary N) is 1. The number of benzene rings is 2. The summed E-state index contributed by atoms with van der Waals surface area (Å²) in [4.78, 5) is 12.4. The molecule has 0 aliphatic heterocycles. The minimum atomic E-state index is -3.07. The van der Waals surface area contributed by atoms with Crippen LogP contribution < -0.4 is 19.5 Å². The van der Waals surface area contributed by atoms with Crippen molar-refractivity contribution in [2.24, 2.45) is 0 Å². The van der Waals surface area contributed by atoms with Crippen molar-refractivity contribution >= 4 is 17.7 Å². The summed E-state index contributed by atoms with van der Waals surface area (Å²) in [6, 6.07) is 11.6. The Morgan fingerprint density at radius 1 is 1.14 bits per heavy atom. The van der Waals surface area contributed by atoms with E-state index in [-0.39, 0.29) is 22.8 Å². The van der Waals surface area contributed by atoms with Gasteiger partial charge in [-0.1, -0.05) is 17.7 Å². The van der Waals surface area contributed by atoms with E-state index in [0.29, 0.717) is 11.3 Å². The molecular formula is C20H18F2N2O4. The zero-order chi connectivity index (χ0) is 20.7. The van der Waals surface area contributed by atoms with E-state index in [1.807, 2.05) is 25.1 Å². The van der Waals surface area contributed by atoms with Crippen LogP contribution in [0.2, 0.25) is 0 Å². The summed E-state index contributed by atoms with van der Waals surface area (Å²) in [5.41, 5.74) is 1.71. The fraction of sp³-hybridized carbons (Fsp3) is 0.200. The molecular weight excluding hydrogens is 370 g/mol. The van der Waals surface area contributed by atoms with Crippen molar-refractivity contribution in [3.63, 3.8) is 0 Å². The first-order chi connectivity index (χ1) is 13.4. The summed E-state index contributed by atoms with van der Waals surface area (Å²) in [6.07, 6.45) is 1.29. The van der Waals surface area contributed by atoms with Gasteiger partial charge in [0.2, 0.25) is 5.75 Å². The van der Waals surface area contributed by atoms with E-state index in [1.54, 1.807) is 12.1 Å². The maximum atomic E-state index is 12.6. The minimum Gasteiger partial charge on any atom is -0.493 e. The van der Waals surface area contributed by atoms with Gasteiger partial charge in [-0.3, -0.25) is 4.79 Å². The molecule has 0 radical (unpaired) electrons. The number of hydrogen-bond acceptors (Lipinski definition) is 5. The molecule has 8 heteroatoms. The number of alkyl halides is 2. The highest BCUT2D eigenvalue weighted by Gasteiger charge is 2.18. The molecule has 0 atom stereocenters. The van der Waals surface area contributed by atoms with Gasteiger partial charge in [-0.15, -0.1) is 0 Å². The second kappa shape index (κ2) is 9.37. The number of methoxy groups -OCH3 is 2. The molecule has 1 N–H and O–H groups in total. The van der Waals surface area contributed by atoms with Crippen molar-refractivity contribution in [3.8, 4) is 23.3 Å². The topological polar surface area (TPSA) is 80.6 Å². The predicted molar refractivity (Wildman–Crippen MR) is 99.6 cm³/mol. The van der Waals surface area contributed by atoms with Crippen LogP contribution in [0.25, 0.3) is 6.08 Å². The molecule has 0 bridgehead atoms. The third-order valence-corrected chi connectivity index (χ3v) is 3.68. The molecule has 2 rings (SSSR count). The molecule has 0 aromatic heterocycles. The maximum Gasteiger partial charge on any atom is 0.387 e. The lowest BCUT2D eigenvalue weighted by molar-refractivity contribution is -0.112. The van der Waals surface area contributed by atoms with Gasteiger partial charge in [-0.05, 0) is 42.8 Å². The van der Waals surface area contributed by atoms with Crippen LogP contribution in [-0.2, 0) is 4.79 Å². The molecule has 0 saturated carbocycles. The minimum absolute atomic E-state index is 0.0258. The number of halogens is 2. The van der Waals surface area contributed by atoms with Gasteiger partial charge < -0.3 is 19.5 Å². The lowest BCUT2D eigenvalue weighted by Gasteiger charge is -2.14. The van der Waals surface area contributed by atoms with Crippen LogP contribution in [0.5, 0.6) is 17.2 Å². The first-order valence-electron chi connectivity index (χ1n) is 8.08. The Kier molecular flexibility index (Phi) is 6.93. The summed E-state index contributed by atoms with van der Waals surface area (Å²) in [7, 11) is 2.55. The molecule has 146 valence electrons. The number of rotatable bonds is 7. The highest BCUT2D eigenvalue weighted by atomic mass is 19.3. The van der Waals surface area contributed by atoms with Gasteiger partial charge in [-0.25, -0.2) is 0 Å². The number of hydrogen-bond donors (Lipinski definition) is 1. The monoisotopic (exact) mass is 388 g/mol. The highest BCUT2D eigenvalue weighted by molar-refractivity contribution is 6.09. The van der Waals surface area contributed by atoms with E-state index in [9.17, 15) is 18.8 Å². The standard InChI is InChI=1S/C20H18F2N2O4/c1-12-4-6-15(7-5-12)24-19(25)14(11-23)8-13-9-16(26-2)18(28-20(21)22)17(10-13)27-3/h4-10,20H,1-3H3,(H,24,25)/b14-8+. The Bertz CT molecular complexity index is 894. The van der Waals surface area contributed by atoms with Crippen LogP contribution in [0, 0.1) is 18.3 Å². The van der Waals surface area contributed by atoms with Crippen molar-refractivity contribution < 1.29 is 27.8 Å². The molecule has 6 nitrogen and oxygen atoms in total. The van der Waals surface area contributed by atoms with Gasteiger partial charge in [0, 0.05) is 5.69 Å². The number of carbonyl (C=O) groups excluding carboxylic acids is 1. The van der Waals surface area contributed by atoms with Gasteiger partial charge in [0.15, 0.2) is 11.5 Å². The summed E-state index contributed by atoms with van der Waals surface area (Å²) in [5.74, 6) is -0.943. The molecule has 28 heavy (non-hydrogen) atoms. The van der Waals surface area contributed by atoms with E-state index < -0.39 is 12.5 Å². The highest BCUT2D eigenvalue weighted by Crippen LogP contribution is 2.40. The lowest BCUT2D eigenvalue weighted by atomic mass is 10.1. The lowest BCUT2D eigenvalue weighted by Crippen LogP contribution is -2.13. The summed E-state index contributed by atoms with van der Waals surface area (Å²) < 4.78 is 39.8. The SMILES string of the molecule is COc1cc(/C=C(\C#N)C(=O)Nc2ccc(C)cc2)cc(OC)c1OC(F)F. The summed E-state index contributed by atoms with van der Waals surface area (Å²) in [6.45, 7) is -1.16. The van der Waals surface area contributed by atoms with Gasteiger partial charge in [0.1, 0.15) is 11.6 Å². The van der Waals surface area contributed by atoms with Crippen LogP contribution in [0.1, 0.15) is 11.1 Å². The van der Waals surface area contributed by atoms with Gasteiger partial charge in [0.25, 0.3) is 5.91 Å². The summed E-state index contributed by atoms with van der Waals surface area (Å²) in [5, 5.41) is 12.0. The van der Waals surface area contributed by atoms with Crippen LogP contribution in [-0.4, -0.2) is 26.7 Å². The molecule has 2 aromatic rings. The van der Waals surface area contributed by atoms with Crippen molar-refractivity contribution in [1.82, 2.24) is 0 Å². The molecule has 0 aliphatic rings. The number of ether oxygens (including phenoxy) is 3. The molecule has 0 heterocycles. The van der Waals surface area contributed by atoms with Crippen molar-refractivity contribution in [1.29, 1.82) is 5.26 Å². The Balaban J connectivity index is 2.36. The average molecular weight is 388 g/mol. The van der Waals surface area contributed by atoms with Crippen LogP contribution in [0.4, 0.5) is 14.5 Å². The molecule has 0 saturated heterocycles. The Morgan fingerprint density at radius 3 is 2.18 bits per heavy atom. The molecule has 2 aromatic carbocycles. The van der Waals surface area contributed by atoms with E-state index in [1.165, 1.54) is 32.4 Å². The van der Waals surface area contributed by atoms with Crippen LogP contribution >= 0.6 is 0 Å². The number of amides is 1. The summed E-state index contributed by atoms with van der Waals surface area (Å²) >= 11 is 0. The maximum absolute atomic E-state index is 12.6. The van der Waals surface area contributed by atoms with Gasteiger partial charge in [0.05, 0.1) is 14.2 Å². The van der Waals surface area contributed by atoms with Crippen LogP contribution in [0.15, 0.2) is 42.0 Å². The fourth-order valence-corrected chi connectivity index (χ4v) is 2.34. The third kappa shape index (κ3) is 5.20. The Labute approximate surface area is 160 Å². The smallest absolute Gasteiger partial charge is 0.387 e. The van der Waals surface area contributed by atoms with Crippen molar-refractivity contribution in [2.45, 2.75) is 13.5 Å². The zero-order valence-electron chi connectivity index (χ0n) is 15.5. The zero-order valence-corrected chi connectivity index (χ0v) is 15.5. The largest absolute Gasteiger partial charge is 0.493 e. The van der Waals surface area contributed by atoms with E-state index in [0.717, 1.165) is 5.56 Å². The van der Waals surface area contributed by atoms with Crippen LogP contribution in [0.3, 0.4) is 0 Å². The quantitative estimate of drug-likeness (QED) is 0.569. The number of anilines is 1. The predicted octanol–water partition coefficient (Wildman–Crippen LogP) is 4.16.